The Kier molecular flexibility index (Phi) is 5.06. The Hall–Kier alpha value is -1.66. The van der Waals surface area contributed by atoms with Gasteiger partial charge in [0.05, 0.1) is 31.3 Å². The highest BCUT2D eigenvalue weighted by Crippen LogP contribution is 2.44. The fourth-order valence-electron chi connectivity index (χ4n) is 3.68. The average molecular weight is 334 g/mol. The smallest absolute Gasteiger partial charge is 0.229 e. The quantitative estimate of drug-likeness (QED) is 0.795. The van der Waals surface area contributed by atoms with Gasteiger partial charge < -0.3 is 19.9 Å². The van der Waals surface area contributed by atoms with Gasteiger partial charge in [0.15, 0.2) is 0 Å². The molecule has 2 aliphatic carbocycles. The fraction of sp³-hybridized carbons (Fsp3) is 0.667. The van der Waals surface area contributed by atoms with Crippen LogP contribution in [0.25, 0.3) is 0 Å². The van der Waals surface area contributed by atoms with Crippen LogP contribution >= 0.6 is 0 Å². The lowest BCUT2D eigenvalue weighted by molar-refractivity contribution is -0.142. The van der Waals surface area contributed by atoms with E-state index < -0.39 is 5.41 Å². The third-order valence-electron chi connectivity index (χ3n) is 5.45. The molecule has 24 heavy (non-hydrogen) atoms. The lowest BCUT2D eigenvalue weighted by Crippen LogP contribution is -2.51. The third-order valence-corrected chi connectivity index (χ3v) is 5.45. The van der Waals surface area contributed by atoms with Crippen LogP contribution in [-0.4, -0.2) is 42.9 Å². The molecular weight excluding hydrogens is 308 g/mol. The van der Waals surface area contributed by atoms with E-state index in [-0.39, 0.29) is 24.0 Å². The van der Waals surface area contributed by atoms with Gasteiger partial charge in [0.1, 0.15) is 0 Å². The van der Waals surface area contributed by atoms with E-state index in [0.717, 1.165) is 24.8 Å². The van der Waals surface area contributed by atoms with Gasteiger partial charge in [-0.1, -0.05) is 12.5 Å². The molecule has 1 unspecified atom stereocenters. The summed E-state index contributed by atoms with van der Waals surface area (Å²) in [4.78, 5) is 17.1. The van der Waals surface area contributed by atoms with Gasteiger partial charge in [0, 0.05) is 19.4 Å². The second kappa shape index (κ2) is 7.07. The van der Waals surface area contributed by atoms with Crippen LogP contribution in [0.15, 0.2) is 18.3 Å². The molecule has 6 nitrogen and oxygen atoms in total. The van der Waals surface area contributed by atoms with Crippen molar-refractivity contribution in [3.63, 3.8) is 0 Å². The van der Waals surface area contributed by atoms with Crippen LogP contribution in [0, 0.1) is 11.3 Å². The van der Waals surface area contributed by atoms with Crippen molar-refractivity contribution in [2.45, 2.75) is 44.2 Å². The second-order valence-electron chi connectivity index (χ2n) is 7.04. The predicted octanol–water partition coefficient (Wildman–Crippen LogP) is 1.84. The number of nitrogens with zero attached hydrogens (tertiary/aromatic N) is 1. The van der Waals surface area contributed by atoms with Crippen molar-refractivity contribution in [3.8, 4) is 5.88 Å². The van der Waals surface area contributed by atoms with E-state index in [1.165, 1.54) is 0 Å². The molecule has 0 radical (unpaired) electrons. The van der Waals surface area contributed by atoms with Crippen molar-refractivity contribution in [1.29, 1.82) is 0 Å². The maximum Gasteiger partial charge on any atom is 0.229 e. The molecule has 0 aromatic carbocycles. The van der Waals surface area contributed by atoms with Crippen molar-refractivity contribution in [2.24, 2.45) is 11.3 Å². The topological polar surface area (TPSA) is 80.7 Å². The zero-order chi connectivity index (χ0) is 17.2. The molecule has 3 rings (SSSR count). The summed E-state index contributed by atoms with van der Waals surface area (Å²) in [7, 11) is 3.22. The number of hydrogen-bond acceptors (Lipinski definition) is 5. The first-order chi connectivity index (χ1) is 11.6. The molecule has 2 aliphatic rings. The Labute approximate surface area is 142 Å². The molecule has 2 saturated carbocycles. The highest BCUT2D eigenvalue weighted by atomic mass is 16.5. The van der Waals surface area contributed by atoms with Crippen LogP contribution in [0.1, 0.15) is 43.7 Å². The van der Waals surface area contributed by atoms with Crippen molar-refractivity contribution in [3.05, 3.63) is 23.9 Å². The zero-order valence-corrected chi connectivity index (χ0v) is 14.3. The minimum atomic E-state index is -0.394. The average Bonchev–Trinajstić information content (AvgIpc) is 2.53. The molecule has 2 N–H and O–H groups in total. The number of pyridine rings is 1. The molecule has 0 aliphatic heterocycles. The molecular formula is C18H26N2O4. The summed E-state index contributed by atoms with van der Waals surface area (Å²) in [5.41, 5.74) is 0.558. The Balaban J connectivity index is 1.76. The highest BCUT2D eigenvalue weighted by molar-refractivity contribution is 5.84. The number of aliphatic hydroxyl groups is 1. The van der Waals surface area contributed by atoms with Gasteiger partial charge in [-0.25, -0.2) is 4.98 Å². The summed E-state index contributed by atoms with van der Waals surface area (Å²) in [6.45, 7) is 0.458. The van der Waals surface area contributed by atoms with E-state index in [1.807, 2.05) is 6.07 Å². The summed E-state index contributed by atoms with van der Waals surface area (Å²) in [6.07, 6.45) is 5.69. The van der Waals surface area contributed by atoms with Gasteiger partial charge in [-0.05, 0) is 37.2 Å². The number of aromatic nitrogens is 1. The summed E-state index contributed by atoms with van der Waals surface area (Å²) in [5, 5.41) is 12.9. The van der Waals surface area contributed by atoms with Crippen LogP contribution in [0.2, 0.25) is 0 Å². The van der Waals surface area contributed by atoms with E-state index in [4.69, 9.17) is 9.47 Å². The molecule has 1 heterocycles. The molecule has 1 atom stereocenters. The SMILES string of the molecule is COCC1(C(=O)NC(c2ccc(OC)nc2)C2CC(O)C2)CCC1. The fourth-order valence-corrected chi connectivity index (χ4v) is 3.68. The first-order valence-electron chi connectivity index (χ1n) is 8.56. The number of amides is 1. The maximum atomic E-state index is 12.9. The van der Waals surface area contributed by atoms with E-state index in [2.05, 4.69) is 10.3 Å². The Morgan fingerprint density at radius 1 is 1.42 bits per heavy atom. The minimum Gasteiger partial charge on any atom is -0.481 e. The van der Waals surface area contributed by atoms with E-state index in [0.29, 0.717) is 25.3 Å². The molecule has 0 saturated heterocycles. The molecule has 2 fully saturated rings. The van der Waals surface area contributed by atoms with Gasteiger partial charge in [-0.2, -0.15) is 0 Å². The van der Waals surface area contributed by atoms with Gasteiger partial charge in [-0.3, -0.25) is 4.79 Å². The molecule has 1 aromatic heterocycles. The number of carbonyl (C=O) groups excluding carboxylic acids is 1. The Morgan fingerprint density at radius 2 is 2.17 bits per heavy atom. The molecule has 132 valence electrons. The van der Waals surface area contributed by atoms with Gasteiger partial charge in [0.25, 0.3) is 0 Å². The summed E-state index contributed by atoms with van der Waals surface area (Å²) in [5.74, 6) is 0.837. The normalized spacial score (nSPS) is 26.0. The van der Waals surface area contributed by atoms with Crippen LogP contribution in [-0.2, 0) is 9.53 Å². The Morgan fingerprint density at radius 3 is 2.62 bits per heavy atom. The summed E-state index contributed by atoms with van der Waals surface area (Å²) < 4.78 is 10.4. The third kappa shape index (κ3) is 3.26. The molecule has 6 heteroatoms. The highest BCUT2D eigenvalue weighted by Gasteiger charge is 2.46. The van der Waals surface area contributed by atoms with Crippen molar-refractivity contribution in [1.82, 2.24) is 10.3 Å². The number of aliphatic hydroxyl groups excluding tert-OH is 1. The predicted molar refractivity (Wildman–Crippen MR) is 88.6 cm³/mol. The van der Waals surface area contributed by atoms with Crippen molar-refractivity contribution >= 4 is 5.91 Å². The molecule has 1 amide bonds. The number of carbonyl (C=O) groups is 1. The van der Waals surface area contributed by atoms with Crippen molar-refractivity contribution in [2.75, 3.05) is 20.8 Å². The number of hydrogen-bond donors (Lipinski definition) is 2. The molecule has 0 spiro atoms. The zero-order valence-electron chi connectivity index (χ0n) is 14.3. The summed E-state index contributed by atoms with van der Waals surface area (Å²) >= 11 is 0. The maximum absolute atomic E-state index is 12.9. The van der Waals surface area contributed by atoms with Crippen LogP contribution in [0.3, 0.4) is 0 Å². The lowest BCUT2D eigenvalue weighted by Gasteiger charge is -2.43. The van der Waals surface area contributed by atoms with E-state index in [1.54, 1.807) is 26.5 Å². The van der Waals surface area contributed by atoms with E-state index >= 15 is 0 Å². The van der Waals surface area contributed by atoms with Crippen LogP contribution in [0.5, 0.6) is 5.88 Å². The largest absolute Gasteiger partial charge is 0.481 e. The lowest BCUT2D eigenvalue weighted by atomic mass is 9.68. The minimum absolute atomic E-state index is 0.0535. The number of rotatable bonds is 7. The van der Waals surface area contributed by atoms with Gasteiger partial charge in [0.2, 0.25) is 11.8 Å². The molecule has 1 aromatic rings. The molecule has 0 bridgehead atoms. The second-order valence-corrected chi connectivity index (χ2v) is 7.04. The first-order valence-corrected chi connectivity index (χ1v) is 8.56. The number of nitrogens with one attached hydrogen (secondary N) is 1. The van der Waals surface area contributed by atoms with E-state index in [9.17, 15) is 9.90 Å². The first kappa shape index (κ1) is 17.2. The van der Waals surface area contributed by atoms with Crippen LogP contribution in [0.4, 0.5) is 0 Å². The summed E-state index contributed by atoms with van der Waals surface area (Å²) in [6, 6.07) is 3.61. The van der Waals surface area contributed by atoms with Crippen molar-refractivity contribution < 1.29 is 19.4 Å². The van der Waals surface area contributed by atoms with Gasteiger partial charge >= 0.3 is 0 Å². The van der Waals surface area contributed by atoms with Gasteiger partial charge in [-0.15, -0.1) is 0 Å². The number of ether oxygens (including phenoxy) is 2. The monoisotopic (exact) mass is 334 g/mol. The standard InChI is InChI=1S/C18H26N2O4/c1-23-11-18(6-3-7-18)17(22)20-16(13-8-14(21)9-13)12-4-5-15(24-2)19-10-12/h4-5,10,13-14,16,21H,3,6-9,11H2,1-2H3,(H,20,22). The van der Waals surface area contributed by atoms with Crippen LogP contribution < -0.4 is 10.1 Å². The Bertz CT molecular complexity index is 565. The number of methoxy groups -OCH3 is 2.